The van der Waals surface area contributed by atoms with E-state index in [0.717, 1.165) is 13.0 Å². The number of piperidine rings is 1. The number of nitrogens with zero attached hydrogens (tertiary/aromatic N) is 1. The number of amides is 1. The third kappa shape index (κ3) is 4.63. The van der Waals surface area contributed by atoms with Crippen molar-refractivity contribution >= 4 is 5.91 Å². The van der Waals surface area contributed by atoms with Crippen LogP contribution >= 0.6 is 0 Å². The predicted octanol–water partition coefficient (Wildman–Crippen LogP) is 2.33. The lowest BCUT2D eigenvalue weighted by Gasteiger charge is -2.36. The molecule has 1 unspecified atom stereocenters. The van der Waals surface area contributed by atoms with Crippen LogP contribution in [0.25, 0.3) is 0 Å². The summed E-state index contributed by atoms with van der Waals surface area (Å²) in [5.41, 5.74) is 0. The Morgan fingerprint density at radius 1 is 1.30 bits per heavy atom. The standard InChI is InChI=1S/C13H20F3NO3/c1-9-2-3-17(12(18)6-9)4-5-19-10-7-11(8-10)20-13(14,15)16/h9-11H,2-8H2,1H3. The molecule has 2 fully saturated rings. The Labute approximate surface area is 116 Å². The summed E-state index contributed by atoms with van der Waals surface area (Å²) in [5, 5.41) is 0. The summed E-state index contributed by atoms with van der Waals surface area (Å²) < 4.78 is 45.1. The van der Waals surface area contributed by atoms with Crippen molar-refractivity contribution in [2.75, 3.05) is 19.7 Å². The second-order valence-electron chi connectivity index (χ2n) is 5.63. The van der Waals surface area contributed by atoms with E-state index in [2.05, 4.69) is 11.7 Å². The third-order valence-corrected chi connectivity index (χ3v) is 3.83. The molecule has 1 saturated heterocycles. The van der Waals surface area contributed by atoms with E-state index in [1.54, 1.807) is 4.90 Å². The van der Waals surface area contributed by atoms with Crippen LogP contribution in [0.2, 0.25) is 0 Å². The smallest absolute Gasteiger partial charge is 0.376 e. The Bertz CT molecular complexity index is 342. The number of rotatable bonds is 5. The number of likely N-dealkylation sites (tertiary alicyclic amines) is 1. The van der Waals surface area contributed by atoms with E-state index in [1.165, 1.54) is 0 Å². The maximum Gasteiger partial charge on any atom is 0.522 e. The first-order valence-corrected chi connectivity index (χ1v) is 6.97. The lowest BCUT2D eigenvalue weighted by molar-refractivity contribution is -0.357. The Morgan fingerprint density at radius 2 is 2.00 bits per heavy atom. The van der Waals surface area contributed by atoms with Crippen molar-refractivity contribution in [3.63, 3.8) is 0 Å². The Morgan fingerprint density at radius 3 is 2.60 bits per heavy atom. The predicted molar refractivity (Wildman–Crippen MR) is 64.9 cm³/mol. The fraction of sp³-hybridized carbons (Fsp3) is 0.923. The van der Waals surface area contributed by atoms with Crippen LogP contribution in [-0.4, -0.2) is 49.1 Å². The van der Waals surface area contributed by atoms with Gasteiger partial charge in [-0.2, -0.15) is 0 Å². The second kappa shape index (κ2) is 6.30. The minimum absolute atomic E-state index is 0.138. The molecule has 1 aliphatic carbocycles. The van der Waals surface area contributed by atoms with Gasteiger partial charge in [0.2, 0.25) is 5.91 Å². The van der Waals surface area contributed by atoms with Crippen molar-refractivity contribution < 1.29 is 27.4 Å². The fourth-order valence-electron chi connectivity index (χ4n) is 2.53. The molecule has 0 N–H and O–H groups in total. The largest absolute Gasteiger partial charge is 0.522 e. The minimum Gasteiger partial charge on any atom is -0.376 e. The van der Waals surface area contributed by atoms with E-state index in [1.807, 2.05) is 0 Å². The third-order valence-electron chi connectivity index (χ3n) is 3.83. The van der Waals surface area contributed by atoms with Crippen LogP contribution in [0.4, 0.5) is 13.2 Å². The first-order chi connectivity index (χ1) is 9.33. The van der Waals surface area contributed by atoms with Gasteiger partial charge < -0.3 is 9.64 Å². The van der Waals surface area contributed by atoms with Gasteiger partial charge in [0.1, 0.15) is 0 Å². The Kier molecular flexibility index (Phi) is 4.90. The van der Waals surface area contributed by atoms with Crippen LogP contribution in [0, 0.1) is 5.92 Å². The summed E-state index contributed by atoms with van der Waals surface area (Å²) >= 11 is 0. The molecule has 0 aromatic rings. The van der Waals surface area contributed by atoms with Gasteiger partial charge in [0.25, 0.3) is 0 Å². The van der Waals surface area contributed by atoms with Crippen LogP contribution in [0.3, 0.4) is 0 Å². The normalized spacial score (nSPS) is 31.3. The topological polar surface area (TPSA) is 38.8 Å². The zero-order valence-electron chi connectivity index (χ0n) is 11.5. The lowest BCUT2D eigenvalue weighted by atomic mass is 9.92. The van der Waals surface area contributed by atoms with Crippen molar-refractivity contribution in [2.24, 2.45) is 5.92 Å². The van der Waals surface area contributed by atoms with Crippen LogP contribution in [0.1, 0.15) is 32.6 Å². The molecule has 116 valence electrons. The van der Waals surface area contributed by atoms with Gasteiger partial charge in [-0.25, -0.2) is 0 Å². The number of hydrogen-bond acceptors (Lipinski definition) is 3. The molecule has 1 atom stereocenters. The van der Waals surface area contributed by atoms with E-state index in [0.29, 0.717) is 25.5 Å². The highest BCUT2D eigenvalue weighted by atomic mass is 19.4. The molecule has 7 heteroatoms. The molecular formula is C13H20F3NO3. The number of carbonyl (C=O) groups excluding carboxylic acids is 1. The monoisotopic (exact) mass is 295 g/mol. The van der Waals surface area contributed by atoms with E-state index in [9.17, 15) is 18.0 Å². The van der Waals surface area contributed by atoms with Gasteiger partial charge in [-0.15, -0.1) is 13.2 Å². The summed E-state index contributed by atoms with van der Waals surface area (Å²) in [6.45, 7) is 3.70. The molecule has 2 rings (SSSR count). The number of ether oxygens (including phenoxy) is 2. The zero-order valence-corrected chi connectivity index (χ0v) is 11.5. The highest BCUT2D eigenvalue weighted by molar-refractivity contribution is 5.77. The number of halogens is 3. The molecule has 4 nitrogen and oxygen atoms in total. The molecule has 20 heavy (non-hydrogen) atoms. The maximum absolute atomic E-state index is 11.9. The molecule has 0 aromatic heterocycles. The van der Waals surface area contributed by atoms with Gasteiger partial charge in [-0.1, -0.05) is 6.92 Å². The quantitative estimate of drug-likeness (QED) is 0.781. The summed E-state index contributed by atoms with van der Waals surface area (Å²) in [4.78, 5) is 13.5. The van der Waals surface area contributed by atoms with Gasteiger partial charge in [-0.05, 0) is 12.3 Å². The molecule has 2 aliphatic rings. The molecule has 0 spiro atoms. The number of hydrogen-bond donors (Lipinski definition) is 0. The van der Waals surface area contributed by atoms with Crippen molar-refractivity contribution in [1.82, 2.24) is 4.90 Å². The van der Waals surface area contributed by atoms with E-state index in [4.69, 9.17) is 4.74 Å². The zero-order chi connectivity index (χ0) is 14.8. The maximum atomic E-state index is 11.9. The van der Waals surface area contributed by atoms with E-state index >= 15 is 0 Å². The average Bonchev–Trinajstić information content (AvgIpc) is 2.26. The molecule has 0 radical (unpaired) electrons. The first kappa shape index (κ1) is 15.6. The Hall–Kier alpha value is -0.820. The van der Waals surface area contributed by atoms with Crippen LogP contribution in [0.5, 0.6) is 0 Å². The number of alkyl halides is 3. The van der Waals surface area contributed by atoms with Crippen LogP contribution < -0.4 is 0 Å². The minimum atomic E-state index is -4.56. The fourth-order valence-corrected chi connectivity index (χ4v) is 2.53. The number of carbonyl (C=O) groups is 1. The summed E-state index contributed by atoms with van der Waals surface area (Å²) in [6.07, 6.45) is -3.41. The van der Waals surface area contributed by atoms with Gasteiger partial charge in [0, 0.05) is 32.4 Å². The Balaban J connectivity index is 1.56. The van der Waals surface area contributed by atoms with Crippen molar-refractivity contribution in [1.29, 1.82) is 0 Å². The molecular weight excluding hydrogens is 275 g/mol. The summed E-state index contributed by atoms with van der Waals surface area (Å²) in [6, 6.07) is 0. The van der Waals surface area contributed by atoms with Crippen LogP contribution in [-0.2, 0) is 14.3 Å². The SMILES string of the molecule is CC1CCN(CCOC2CC(OC(F)(F)F)C2)C(=O)C1. The van der Waals surface area contributed by atoms with Crippen molar-refractivity contribution in [3.8, 4) is 0 Å². The van der Waals surface area contributed by atoms with Gasteiger partial charge >= 0.3 is 6.36 Å². The molecule has 0 aromatic carbocycles. The molecule has 0 bridgehead atoms. The van der Waals surface area contributed by atoms with Gasteiger partial charge in [0.15, 0.2) is 0 Å². The van der Waals surface area contributed by atoms with Crippen molar-refractivity contribution in [2.45, 2.75) is 51.2 Å². The average molecular weight is 295 g/mol. The van der Waals surface area contributed by atoms with Gasteiger partial charge in [-0.3, -0.25) is 9.53 Å². The molecule has 1 amide bonds. The molecule has 1 aliphatic heterocycles. The van der Waals surface area contributed by atoms with Gasteiger partial charge in [0.05, 0.1) is 18.8 Å². The molecule has 1 saturated carbocycles. The second-order valence-corrected chi connectivity index (χ2v) is 5.63. The summed E-state index contributed by atoms with van der Waals surface area (Å²) in [5.74, 6) is 0.575. The molecule has 1 heterocycles. The highest BCUT2D eigenvalue weighted by Crippen LogP contribution is 2.32. The van der Waals surface area contributed by atoms with E-state index < -0.39 is 12.5 Å². The van der Waals surface area contributed by atoms with Crippen molar-refractivity contribution in [3.05, 3.63) is 0 Å². The lowest BCUT2D eigenvalue weighted by Crippen LogP contribution is -2.43. The van der Waals surface area contributed by atoms with E-state index in [-0.39, 0.29) is 24.9 Å². The first-order valence-electron chi connectivity index (χ1n) is 6.97. The van der Waals surface area contributed by atoms with Crippen LogP contribution in [0.15, 0.2) is 0 Å². The summed E-state index contributed by atoms with van der Waals surface area (Å²) in [7, 11) is 0. The highest BCUT2D eigenvalue weighted by Gasteiger charge is 2.40.